The number of halogens is 1. The third-order valence-electron chi connectivity index (χ3n) is 4.78. The van der Waals surface area contributed by atoms with Crippen molar-refractivity contribution in [3.8, 4) is 0 Å². The molecule has 2 aromatic rings. The van der Waals surface area contributed by atoms with Gasteiger partial charge in [-0.15, -0.1) is 0 Å². The van der Waals surface area contributed by atoms with Gasteiger partial charge in [-0.3, -0.25) is 4.79 Å². The number of anilines is 1. The molecule has 0 heterocycles. The molecule has 27 heavy (non-hydrogen) atoms. The van der Waals surface area contributed by atoms with E-state index in [-0.39, 0.29) is 23.2 Å². The standard InChI is InChI=1S/C20H23FN2O3S/c21-18-13-7-8-14-19(18)22-20(24)15-23(16-9-3-1-4-10-16)27(25,26)17-11-5-2-6-12-17/h2,5-8,11-14,16H,1,3-4,9-10,15H2,(H,22,24). The lowest BCUT2D eigenvalue weighted by Gasteiger charge is -2.33. The summed E-state index contributed by atoms with van der Waals surface area (Å²) in [7, 11) is -3.82. The Morgan fingerprint density at radius 3 is 2.30 bits per heavy atom. The molecule has 0 atom stereocenters. The highest BCUT2D eigenvalue weighted by atomic mass is 32.2. The first kappa shape index (κ1) is 19.5. The van der Waals surface area contributed by atoms with Gasteiger partial charge in [0.25, 0.3) is 0 Å². The molecule has 0 spiro atoms. The molecule has 1 aliphatic rings. The number of nitrogens with zero attached hydrogens (tertiary/aromatic N) is 1. The molecular weight excluding hydrogens is 367 g/mol. The fourth-order valence-corrected chi connectivity index (χ4v) is 5.06. The maximum absolute atomic E-state index is 13.8. The van der Waals surface area contributed by atoms with Crippen molar-refractivity contribution in [3.63, 3.8) is 0 Å². The fourth-order valence-electron chi connectivity index (χ4n) is 3.40. The van der Waals surface area contributed by atoms with Gasteiger partial charge in [-0.05, 0) is 37.1 Å². The van der Waals surface area contributed by atoms with E-state index in [0.717, 1.165) is 32.1 Å². The lowest BCUT2D eigenvalue weighted by molar-refractivity contribution is -0.116. The summed E-state index contributed by atoms with van der Waals surface area (Å²) in [5, 5.41) is 2.48. The van der Waals surface area contributed by atoms with Crippen molar-refractivity contribution in [2.45, 2.75) is 43.0 Å². The first-order valence-electron chi connectivity index (χ1n) is 9.10. The van der Waals surface area contributed by atoms with Gasteiger partial charge >= 0.3 is 0 Å². The Morgan fingerprint density at radius 2 is 1.63 bits per heavy atom. The first-order valence-corrected chi connectivity index (χ1v) is 10.5. The molecule has 1 fully saturated rings. The van der Waals surface area contributed by atoms with E-state index < -0.39 is 21.7 Å². The van der Waals surface area contributed by atoms with Crippen LogP contribution in [0.3, 0.4) is 0 Å². The summed E-state index contributed by atoms with van der Waals surface area (Å²) in [6, 6.07) is 13.7. The van der Waals surface area contributed by atoms with Gasteiger partial charge in [-0.1, -0.05) is 49.6 Å². The Hall–Kier alpha value is -2.25. The molecule has 7 heteroatoms. The SMILES string of the molecule is O=C(CN(C1CCCCC1)S(=O)(=O)c1ccccc1)Nc1ccccc1F. The summed E-state index contributed by atoms with van der Waals surface area (Å²) in [5.74, 6) is -1.11. The molecule has 0 unspecified atom stereocenters. The van der Waals surface area contributed by atoms with Crippen LogP contribution < -0.4 is 5.32 Å². The minimum Gasteiger partial charge on any atom is -0.322 e. The molecule has 0 saturated heterocycles. The third kappa shape index (κ3) is 4.73. The summed E-state index contributed by atoms with van der Waals surface area (Å²) in [4.78, 5) is 12.7. The Morgan fingerprint density at radius 1 is 1.00 bits per heavy atom. The summed E-state index contributed by atoms with van der Waals surface area (Å²) < 4.78 is 41.4. The smallest absolute Gasteiger partial charge is 0.243 e. The number of carbonyl (C=O) groups excluding carboxylic acids is 1. The molecule has 144 valence electrons. The third-order valence-corrected chi connectivity index (χ3v) is 6.69. The van der Waals surface area contributed by atoms with Gasteiger partial charge in [0.15, 0.2) is 0 Å². The lowest BCUT2D eigenvalue weighted by atomic mass is 9.95. The fraction of sp³-hybridized carbons (Fsp3) is 0.350. The topological polar surface area (TPSA) is 66.5 Å². The molecule has 0 aromatic heterocycles. The van der Waals surface area contributed by atoms with E-state index in [1.54, 1.807) is 24.3 Å². The van der Waals surface area contributed by atoms with Crippen LogP contribution in [0.2, 0.25) is 0 Å². The summed E-state index contributed by atoms with van der Waals surface area (Å²) in [6.45, 7) is -0.337. The van der Waals surface area contributed by atoms with Crippen LogP contribution in [-0.2, 0) is 14.8 Å². The van der Waals surface area contributed by atoms with E-state index in [1.807, 2.05) is 0 Å². The van der Waals surface area contributed by atoms with Crippen LogP contribution in [0.25, 0.3) is 0 Å². The highest BCUT2D eigenvalue weighted by Gasteiger charge is 2.33. The molecule has 3 rings (SSSR count). The Bertz CT molecular complexity index is 881. The monoisotopic (exact) mass is 390 g/mol. The van der Waals surface area contributed by atoms with E-state index in [1.165, 1.54) is 34.6 Å². The van der Waals surface area contributed by atoms with Crippen LogP contribution in [0.1, 0.15) is 32.1 Å². The van der Waals surface area contributed by atoms with Gasteiger partial charge in [-0.25, -0.2) is 12.8 Å². The summed E-state index contributed by atoms with van der Waals surface area (Å²) in [5.41, 5.74) is 0.0446. The van der Waals surface area contributed by atoms with Crippen LogP contribution in [0, 0.1) is 5.82 Å². The van der Waals surface area contributed by atoms with E-state index in [9.17, 15) is 17.6 Å². The van der Waals surface area contributed by atoms with Gasteiger partial charge in [0.2, 0.25) is 15.9 Å². The van der Waals surface area contributed by atoms with Gasteiger partial charge in [0.1, 0.15) is 5.82 Å². The van der Waals surface area contributed by atoms with Gasteiger partial charge in [-0.2, -0.15) is 4.31 Å². The number of carbonyl (C=O) groups is 1. The minimum absolute atomic E-state index is 0.0446. The zero-order valence-corrected chi connectivity index (χ0v) is 15.8. The Labute approximate surface area is 159 Å². The molecule has 1 aliphatic carbocycles. The molecule has 1 N–H and O–H groups in total. The van der Waals surface area contributed by atoms with Crippen molar-refractivity contribution in [2.75, 3.05) is 11.9 Å². The van der Waals surface area contributed by atoms with Gasteiger partial charge < -0.3 is 5.32 Å². The van der Waals surface area contributed by atoms with E-state index >= 15 is 0 Å². The van der Waals surface area contributed by atoms with Crippen molar-refractivity contribution < 1.29 is 17.6 Å². The van der Waals surface area contributed by atoms with Crippen molar-refractivity contribution >= 4 is 21.6 Å². The number of nitrogens with one attached hydrogen (secondary N) is 1. The normalized spacial score (nSPS) is 15.6. The predicted octanol–water partition coefficient (Wildman–Crippen LogP) is 3.79. The van der Waals surface area contributed by atoms with Gasteiger partial charge in [0, 0.05) is 6.04 Å². The molecule has 0 radical (unpaired) electrons. The Kier molecular flexibility index (Phi) is 6.23. The zero-order chi connectivity index (χ0) is 19.3. The van der Waals surface area contributed by atoms with Crippen molar-refractivity contribution in [2.24, 2.45) is 0 Å². The average Bonchev–Trinajstić information content (AvgIpc) is 2.69. The number of rotatable bonds is 6. The van der Waals surface area contributed by atoms with Crippen LogP contribution >= 0.6 is 0 Å². The molecular formula is C20H23FN2O3S. The summed E-state index contributed by atoms with van der Waals surface area (Å²) >= 11 is 0. The highest BCUT2D eigenvalue weighted by molar-refractivity contribution is 7.89. The van der Waals surface area contributed by atoms with Crippen molar-refractivity contribution in [1.29, 1.82) is 0 Å². The maximum atomic E-state index is 13.8. The lowest BCUT2D eigenvalue weighted by Crippen LogP contribution is -2.45. The summed E-state index contributed by atoms with van der Waals surface area (Å²) in [6.07, 6.45) is 4.37. The van der Waals surface area contributed by atoms with Crippen molar-refractivity contribution in [1.82, 2.24) is 4.31 Å². The number of benzene rings is 2. The quantitative estimate of drug-likeness (QED) is 0.816. The minimum atomic E-state index is -3.82. The van der Waals surface area contributed by atoms with E-state index in [2.05, 4.69) is 5.32 Å². The number of amides is 1. The number of sulfonamides is 1. The predicted molar refractivity (Wildman–Crippen MR) is 102 cm³/mol. The van der Waals surface area contributed by atoms with E-state index in [0.29, 0.717) is 0 Å². The molecule has 1 saturated carbocycles. The van der Waals surface area contributed by atoms with E-state index in [4.69, 9.17) is 0 Å². The molecule has 0 bridgehead atoms. The second-order valence-corrected chi connectivity index (χ2v) is 8.57. The number of para-hydroxylation sites is 1. The number of hydrogen-bond donors (Lipinski definition) is 1. The maximum Gasteiger partial charge on any atom is 0.243 e. The van der Waals surface area contributed by atoms with Gasteiger partial charge in [0.05, 0.1) is 17.1 Å². The molecule has 0 aliphatic heterocycles. The highest BCUT2D eigenvalue weighted by Crippen LogP contribution is 2.28. The number of hydrogen-bond acceptors (Lipinski definition) is 3. The molecule has 1 amide bonds. The second kappa shape index (κ2) is 8.63. The average molecular weight is 390 g/mol. The Balaban J connectivity index is 1.84. The molecule has 5 nitrogen and oxygen atoms in total. The largest absolute Gasteiger partial charge is 0.322 e. The molecule has 2 aromatic carbocycles. The van der Waals surface area contributed by atoms with Crippen LogP contribution in [-0.4, -0.2) is 31.2 Å². The van der Waals surface area contributed by atoms with Crippen LogP contribution in [0.15, 0.2) is 59.5 Å². The zero-order valence-electron chi connectivity index (χ0n) is 15.0. The van der Waals surface area contributed by atoms with Crippen LogP contribution in [0.4, 0.5) is 10.1 Å². The van der Waals surface area contributed by atoms with Crippen LogP contribution in [0.5, 0.6) is 0 Å². The first-order chi connectivity index (χ1) is 13.0. The van der Waals surface area contributed by atoms with Crippen molar-refractivity contribution in [3.05, 3.63) is 60.4 Å². The second-order valence-electron chi connectivity index (χ2n) is 6.68.